The van der Waals surface area contributed by atoms with E-state index in [1.807, 2.05) is 4.72 Å². The summed E-state index contributed by atoms with van der Waals surface area (Å²) in [7, 11) is -3.82. The number of hydrogen-bond acceptors (Lipinski definition) is 2. The molecular weight excluding hydrogens is 178 g/mol. The minimum absolute atomic E-state index is 0.455. The number of hydrogen-bond donors (Lipinski definition) is 2. The molecule has 1 aliphatic carbocycles. The molecule has 0 unspecified atom stereocenters. The molecule has 11 heavy (non-hydrogen) atoms. The lowest BCUT2D eigenvalue weighted by Gasteiger charge is -2.34. The lowest BCUT2D eigenvalue weighted by molar-refractivity contribution is -0.0876. The molecule has 0 radical (unpaired) electrons. The first-order valence-electron chi connectivity index (χ1n) is 2.96. The van der Waals surface area contributed by atoms with Gasteiger partial charge in [0.1, 0.15) is 0 Å². The Labute approximate surface area is 62.9 Å². The zero-order valence-corrected chi connectivity index (χ0v) is 6.37. The minimum atomic E-state index is -3.82. The molecule has 0 amide bonds. The number of halogens is 2. The zero-order valence-electron chi connectivity index (χ0n) is 5.55. The van der Waals surface area contributed by atoms with Gasteiger partial charge in [0.15, 0.2) is 0 Å². The second-order valence-electron chi connectivity index (χ2n) is 2.62. The summed E-state index contributed by atoms with van der Waals surface area (Å²) < 4.78 is 46.6. The molecule has 0 bridgehead atoms. The predicted octanol–water partition coefficient (Wildman–Crippen LogP) is -0.423. The van der Waals surface area contributed by atoms with Crippen molar-refractivity contribution in [3.8, 4) is 0 Å². The van der Waals surface area contributed by atoms with Crippen molar-refractivity contribution >= 4 is 10.2 Å². The van der Waals surface area contributed by atoms with E-state index in [0.717, 1.165) is 0 Å². The van der Waals surface area contributed by atoms with Crippen molar-refractivity contribution in [2.75, 3.05) is 0 Å². The first-order valence-corrected chi connectivity index (χ1v) is 4.51. The van der Waals surface area contributed by atoms with Crippen molar-refractivity contribution in [2.45, 2.75) is 24.8 Å². The highest BCUT2D eigenvalue weighted by atomic mass is 32.2. The van der Waals surface area contributed by atoms with E-state index < -0.39 is 35.0 Å². The fourth-order valence-corrected chi connectivity index (χ4v) is 1.61. The Bertz CT molecular complexity index is 243. The van der Waals surface area contributed by atoms with Gasteiger partial charge in [0, 0.05) is 18.9 Å². The van der Waals surface area contributed by atoms with Crippen LogP contribution in [0, 0.1) is 0 Å². The van der Waals surface area contributed by atoms with Crippen molar-refractivity contribution in [1.82, 2.24) is 4.72 Å². The third-order valence-electron chi connectivity index (χ3n) is 1.42. The molecule has 1 fully saturated rings. The molecule has 0 aliphatic heterocycles. The van der Waals surface area contributed by atoms with Gasteiger partial charge in [-0.1, -0.05) is 0 Å². The fourth-order valence-electron chi connectivity index (χ4n) is 0.977. The standard InChI is InChI=1S/C4H8F2N2O2S/c5-4(6)1-3(2-4)8-11(7,9)10/h3,8H,1-2H2,(H2,7,9,10). The second kappa shape index (κ2) is 2.36. The van der Waals surface area contributed by atoms with Crippen molar-refractivity contribution in [1.29, 1.82) is 0 Å². The van der Waals surface area contributed by atoms with Crippen LogP contribution in [0.4, 0.5) is 8.78 Å². The topological polar surface area (TPSA) is 72.2 Å². The number of alkyl halides is 2. The van der Waals surface area contributed by atoms with Crippen LogP contribution in [0.25, 0.3) is 0 Å². The van der Waals surface area contributed by atoms with Crippen LogP contribution in [0.1, 0.15) is 12.8 Å². The van der Waals surface area contributed by atoms with Gasteiger partial charge >= 0.3 is 0 Å². The molecule has 0 heterocycles. The Morgan fingerprint density at radius 1 is 1.45 bits per heavy atom. The van der Waals surface area contributed by atoms with Crippen LogP contribution >= 0.6 is 0 Å². The molecule has 0 aromatic heterocycles. The van der Waals surface area contributed by atoms with Crippen LogP contribution < -0.4 is 9.86 Å². The summed E-state index contributed by atoms with van der Waals surface area (Å²) in [6.45, 7) is 0. The Kier molecular flexibility index (Phi) is 1.89. The van der Waals surface area contributed by atoms with Crippen LogP contribution in [0.15, 0.2) is 0 Å². The molecule has 3 N–H and O–H groups in total. The SMILES string of the molecule is NS(=O)(=O)NC1CC(F)(F)C1. The summed E-state index contributed by atoms with van der Waals surface area (Å²) in [6, 6.07) is -0.694. The van der Waals surface area contributed by atoms with Gasteiger partial charge in [0.2, 0.25) is 0 Å². The highest BCUT2D eigenvalue weighted by molar-refractivity contribution is 7.87. The first kappa shape index (κ1) is 8.82. The van der Waals surface area contributed by atoms with E-state index in [4.69, 9.17) is 0 Å². The number of nitrogens with two attached hydrogens (primary N) is 1. The van der Waals surface area contributed by atoms with E-state index in [-0.39, 0.29) is 0 Å². The van der Waals surface area contributed by atoms with Gasteiger partial charge in [-0.25, -0.2) is 13.9 Å². The Hall–Kier alpha value is -0.270. The van der Waals surface area contributed by atoms with Gasteiger partial charge < -0.3 is 0 Å². The summed E-state index contributed by atoms with van der Waals surface area (Å²) in [5.41, 5.74) is 0. The van der Waals surface area contributed by atoms with E-state index >= 15 is 0 Å². The minimum Gasteiger partial charge on any atom is -0.216 e. The quantitative estimate of drug-likeness (QED) is 0.614. The largest absolute Gasteiger partial charge is 0.274 e. The average Bonchev–Trinajstić information content (AvgIpc) is 1.53. The normalized spacial score (nSPS) is 24.6. The van der Waals surface area contributed by atoms with Gasteiger partial charge in [-0.3, -0.25) is 0 Å². The van der Waals surface area contributed by atoms with Gasteiger partial charge in [-0.2, -0.15) is 13.1 Å². The van der Waals surface area contributed by atoms with E-state index in [0.29, 0.717) is 0 Å². The number of rotatable bonds is 2. The molecule has 0 aromatic rings. The zero-order chi connectivity index (χ0) is 8.70. The molecule has 0 atom stereocenters. The molecule has 4 nitrogen and oxygen atoms in total. The summed E-state index contributed by atoms with van der Waals surface area (Å²) in [4.78, 5) is 0. The van der Waals surface area contributed by atoms with E-state index in [1.165, 1.54) is 0 Å². The van der Waals surface area contributed by atoms with Crippen molar-refractivity contribution in [2.24, 2.45) is 5.14 Å². The Morgan fingerprint density at radius 2 is 1.91 bits per heavy atom. The predicted molar refractivity (Wildman–Crippen MR) is 34.2 cm³/mol. The highest BCUT2D eigenvalue weighted by Crippen LogP contribution is 2.37. The van der Waals surface area contributed by atoms with E-state index in [2.05, 4.69) is 5.14 Å². The average molecular weight is 186 g/mol. The number of nitrogens with one attached hydrogen (secondary N) is 1. The van der Waals surface area contributed by atoms with Gasteiger partial charge in [-0.05, 0) is 0 Å². The first-order chi connectivity index (χ1) is 4.79. The highest BCUT2D eigenvalue weighted by Gasteiger charge is 2.46. The van der Waals surface area contributed by atoms with Crippen LogP contribution in [-0.4, -0.2) is 20.4 Å². The molecule has 1 saturated carbocycles. The smallest absolute Gasteiger partial charge is 0.216 e. The Morgan fingerprint density at radius 3 is 2.18 bits per heavy atom. The summed E-state index contributed by atoms with van der Waals surface area (Å²) >= 11 is 0. The van der Waals surface area contributed by atoms with Gasteiger partial charge in [0.25, 0.3) is 16.1 Å². The van der Waals surface area contributed by atoms with Crippen LogP contribution in [-0.2, 0) is 10.2 Å². The molecule has 1 rings (SSSR count). The summed E-state index contributed by atoms with van der Waals surface area (Å²) in [5, 5.41) is 4.55. The van der Waals surface area contributed by atoms with Gasteiger partial charge in [-0.15, -0.1) is 0 Å². The maximum absolute atomic E-state index is 12.1. The molecule has 0 saturated heterocycles. The summed E-state index contributed by atoms with van der Waals surface area (Å²) in [6.07, 6.45) is -0.910. The van der Waals surface area contributed by atoms with Crippen molar-refractivity contribution < 1.29 is 17.2 Å². The molecule has 0 aromatic carbocycles. The molecule has 0 spiro atoms. The maximum atomic E-state index is 12.1. The van der Waals surface area contributed by atoms with Crippen molar-refractivity contribution in [3.05, 3.63) is 0 Å². The fraction of sp³-hybridized carbons (Fsp3) is 1.00. The second-order valence-corrected chi connectivity index (χ2v) is 3.95. The molecular formula is C4H8F2N2O2S. The molecule has 66 valence electrons. The monoisotopic (exact) mass is 186 g/mol. The third-order valence-corrected chi connectivity index (χ3v) is 2.08. The Balaban J connectivity index is 2.36. The lowest BCUT2D eigenvalue weighted by atomic mass is 9.89. The molecule has 1 aliphatic rings. The van der Waals surface area contributed by atoms with E-state index in [1.54, 1.807) is 0 Å². The van der Waals surface area contributed by atoms with Crippen LogP contribution in [0.2, 0.25) is 0 Å². The maximum Gasteiger partial charge on any atom is 0.274 e. The summed E-state index contributed by atoms with van der Waals surface area (Å²) in [5.74, 6) is -2.72. The lowest BCUT2D eigenvalue weighted by Crippen LogP contribution is -2.52. The van der Waals surface area contributed by atoms with E-state index in [9.17, 15) is 17.2 Å². The molecule has 7 heteroatoms. The van der Waals surface area contributed by atoms with Gasteiger partial charge in [0.05, 0.1) is 0 Å². The van der Waals surface area contributed by atoms with Crippen molar-refractivity contribution in [3.63, 3.8) is 0 Å². The van der Waals surface area contributed by atoms with Crippen LogP contribution in [0.3, 0.4) is 0 Å². The third kappa shape index (κ3) is 2.68. The van der Waals surface area contributed by atoms with Crippen LogP contribution in [0.5, 0.6) is 0 Å².